The molecule has 1 aromatic heterocycles. The van der Waals surface area contributed by atoms with E-state index in [1.54, 1.807) is 12.5 Å². The molecule has 9 nitrogen and oxygen atoms in total. The Morgan fingerprint density at radius 3 is 2.30 bits per heavy atom. The third kappa shape index (κ3) is 15.2. The Bertz CT molecular complexity index is 746. The first kappa shape index (κ1) is 30.4. The van der Waals surface area contributed by atoms with Crippen molar-refractivity contribution in [3.63, 3.8) is 0 Å². The Kier molecular flexibility index (Phi) is 16.3. The van der Waals surface area contributed by atoms with E-state index in [2.05, 4.69) is 10.3 Å². The largest absolute Gasteiger partial charge is 2.00 e. The van der Waals surface area contributed by atoms with Crippen LogP contribution in [-0.4, -0.2) is 68.7 Å². The van der Waals surface area contributed by atoms with Crippen LogP contribution in [0.25, 0.3) is 5.32 Å². The van der Waals surface area contributed by atoms with Crippen molar-refractivity contribution in [2.24, 2.45) is 0 Å². The molecule has 0 aliphatic carbocycles. The number of amides is 1. The molecule has 30 heavy (non-hydrogen) atoms. The predicted octanol–water partition coefficient (Wildman–Crippen LogP) is 2.86. The number of rotatable bonds is 11. The summed E-state index contributed by atoms with van der Waals surface area (Å²) >= 11 is 0. The molecule has 2 rings (SSSR count). The Hall–Kier alpha value is 0.382. The van der Waals surface area contributed by atoms with Crippen LogP contribution in [0.15, 0.2) is 29.4 Å². The standard InChI is InChI=1S/C12H18NO5P2S2.C4H7NO2.U/c14-6-3-7-19(15,16)8-9-20(17,18)10-11-21-22-12-4-1-2-5-13-12;6-3-1-2-4(7)5-3;/h1-2,4-5H,3,7-11H2,(H,15,16)(H,17,18);3,6H,1-2H2,(H,5,7);/q-1;;+2/p-1. The molecule has 0 bridgehead atoms. The number of aromatic nitrogens is 1. The van der Waals surface area contributed by atoms with E-state index in [1.165, 1.54) is 21.6 Å². The molecular weight excluding hydrogens is 696 g/mol. The van der Waals surface area contributed by atoms with Crippen molar-refractivity contribution in [1.82, 2.24) is 4.98 Å². The van der Waals surface area contributed by atoms with E-state index in [9.17, 15) is 28.5 Å². The van der Waals surface area contributed by atoms with Crippen LogP contribution in [0, 0.1) is 31.1 Å². The van der Waals surface area contributed by atoms with Gasteiger partial charge in [-0.2, -0.15) is 0 Å². The summed E-state index contributed by atoms with van der Waals surface area (Å²) in [5, 5.41) is 12.6. The average molecular weight is 720 g/mol. The van der Waals surface area contributed by atoms with Gasteiger partial charge < -0.3 is 29.8 Å². The number of carbonyl (C=O) groups is 1. The molecule has 1 aromatic rings. The number of nitrogens with zero attached hydrogens (tertiary/aromatic N) is 2. The van der Waals surface area contributed by atoms with Crippen molar-refractivity contribution in [2.75, 3.05) is 30.4 Å². The first-order chi connectivity index (χ1) is 13.6. The Morgan fingerprint density at radius 2 is 1.83 bits per heavy atom. The second kappa shape index (κ2) is 16.1. The summed E-state index contributed by atoms with van der Waals surface area (Å²) in [6.07, 6.45) is 2.80. The zero-order valence-electron chi connectivity index (χ0n) is 16.1. The van der Waals surface area contributed by atoms with Gasteiger partial charge in [-0.05, 0) is 42.0 Å². The van der Waals surface area contributed by atoms with Crippen LogP contribution in [0.4, 0.5) is 0 Å². The Labute approximate surface area is 207 Å². The van der Waals surface area contributed by atoms with Gasteiger partial charge in [0.05, 0.1) is 5.91 Å². The van der Waals surface area contributed by atoms with Gasteiger partial charge in [0.2, 0.25) is 7.37 Å². The second-order valence-corrected chi connectivity index (χ2v) is 13.7. The Balaban J connectivity index is 0.000000886. The third-order valence-electron chi connectivity index (χ3n) is 3.58. The molecule has 3 N–H and O–H groups in total. The van der Waals surface area contributed by atoms with Crippen LogP contribution in [0.2, 0.25) is 0 Å². The van der Waals surface area contributed by atoms with Crippen molar-refractivity contribution >= 4 is 48.5 Å². The monoisotopic (exact) mass is 720 g/mol. The van der Waals surface area contributed by atoms with E-state index < -0.39 is 21.0 Å². The zero-order valence-corrected chi connectivity index (χ0v) is 23.7. The van der Waals surface area contributed by atoms with Gasteiger partial charge >= 0.3 is 31.1 Å². The Morgan fingerprint density at radius 1 is 1.17 bits per heavy atom. The van der Waals surface area contributed by atoms with Crippen LogP contribution >= 0.6 is 36.3 Å². The van der Waals surface area contributed by atoms with Crippen molar-refractivity contribution in [1.29, 1.82) is 0 Å². The molecule has 166 valence electrons. The maximum Gasteiger partial charge on any atom is 2.00 e. The van der Waals surface area contributed by atoms with Gasteiger partial charge in [-0.15, -0.1) is 6.42 Å². The summed E-state index contributed by atoms with van der Waals surface area (Å²) in [6.45, 7) is 0. The molecule has 14 heteroatoms. The molecule has 3 atom stereocenters. The van der Waals surface area contributed by atoms with E-state index in [0.29, 0.717) is 18.6 Å². The summed E-state index contributed by atoms with van der Waals surface area (Å²) in [7, 11) is -4.10. The first-order valence-electron chi connectivity index (χ1n) is 8.72. The summed E-state index contributed by atoms with van der Waals surface area (Å²) in [6, 6.07) is 5.52. The number of pyridine rings is 1. The summed E-state index contributed by atoms with van der Waals surface area (Å²) in [5.74, 6) is 0.278. The second-order valence-electron chi connectivity index (χ2n) is 6.10. The van der Waals surface area contributed by atoms with E-state index in [4.69, 9.17) is 5.11 Å². The summed E-state index contributed by atoms with van der Waals surface area (Å²) < 4.78 is 23.6. The van der Waals surface area contributed by atoms with Crippen molar-refractivity contribution in [3.8, 4) is 0 Å². The fraction of sp³-hybridized carbons (Fsp3) is 0.562. The first-order valence-corrected chi connectivity index (χ1v) is 15.1. The van der Waals surface area contributed by atoms with Crippen LogP contribution in [0.3, 0.4) is 0 Å². The van der Waals surface area contributed by atoms with E-state index in [0.717, 1.165) is 5.03 Å². The number of carbonyl (C=O) groups excluding carboxylic acids is 2. The van der Waals surface area contributed by atoms with Gasteiger partial charge in [0.25, 0.3) is 0 Å². The fourth-order valence-corrected chi connectivity index (χ4v) is 8.83. The van der Waals surface area contributed by atoms with Gasteiger partial charge in [-0.3, -0.25) is 15.4 Å². The zero-order chi connectivity index (χ0) is 21.8. The number of aliphatic hydroxyl groups is 1. The smallest absolute Gasteiger partial charge is 0.629 e. The maximum atomic E-state index is 12.0. The summed E-state index contributed by atoms with van der Waals surface area (Å²) in [4.78, 5) is 43.7. The molecule has 0 aromatic carbocycles. The van der Waals surface area contributed by atoms with Gasteiger partial charge in [0, 0.05) is 36.6 Å². The van der Waals surface area contributed by atoms with E-state index >= 15 is 0 Å². The quantitative estimate of drug-likeness (QED) is 0.135. The molecule has 1 aliphatic rings. The molecule has 2 heterocycles. The van der Waals surface area contributed by atoms with Gasteiger partial charge in [-0.25, -0.2) is 4.98 Å². The predicted molar refractivity (Wildman–Crippen MR) is 116 cm³/mol. The van der Waals surface area contributed by atoms with E-state index in [-0.39, 0.29) is 68.1 Å². The third-order valence-corrected chi connectivity index (χ3v) is 10.2. The number of hydrogen-bond donors (Lipinski definition) is 3. The number of hydrogen-bond acceptors (Lipinski definition) is 8. The van der Waals surface area contributed by atoms with Crippen LogP contribution < -0.4 is 0 Å². The minimum atomic E-state index is -3.51. The van der Waals surface area contributed by atoms with Crippen LogP contribution in [0.5, 0.6) is 0 Å². The van der Waals surface area contributed by atoms with Crippen LogP contribution in [0.1, 0.15) is 19.3 Å². The topological polar surface area (TPSA) is 156 Å². The van der Waals surface area contributed by atoms with E-state index in [1.807, 2.05) is 18.2 Å². The fourth-order valence-electron chi connectivity index (χ4n) is 1.98. The molecular formula is C16H24N2O7P2S2U. The summed E-state index contributed by atoms with van der Waals surface area (Å²) in [5.41, 5.74) is 0. The molecule has 3 unspecified atom stereocenters. The molecule has 1 aliphatic heterocycles. The molecule has 0 radical (unpaired) electrons. The van der Waals surface area contributed by atoms with Crippen molar-refractivity contribution in [3.05, 3.63) is 29.7 Å². The molecule has 0 spiro atoms. The minimum Gasteiger partial charge on any atom is -0.629 e. The minimum absolute atomic E-state index is 0. The van der Waals surface area contributed by atoms with Gasteiger partial charge in [0.1, 0.15) is 5.03 Å². The number of aliphatic hydroxyl groups excluding tert-OH is 1. The van der Waals surface area contributed by atoms with Crippen molar-refractivity contribution in [2.45, 2.75) is 30.5 Å². The maximum absolute atomic E-state index is 12.0. The van der Waals surface area contributed by atoms with Crippen molar-refractivity contribution < 1.29 is 64.7 Å². The van der Waals surface area contributed by atoms with Crippen LogP contribution in [-0.2, 0) is 18.7 Å². The molecule has 0 saturated carbocycles. The van der Waals surface area contributed by atoms with Gasteiger partial charge in [-0.1, -0.05) is 16.9 Å². The molecule has 1 saturated heterocycles. The SMILES string of the molecule is O=C1CCC(O)[N-]1.O=[C-]CCP(=O)(O)CCP(=O)(O)CCSSc1ccccn1.[U+2]. The molecule has 1 fully saturated rings. The normalized spacial score (nSPS) is 19.3. The average Bonchev–Trinajstić information content (AvgIpc) is 3.06. The molecule has 1 amide bonds. The van der Waals surface area contributed by atoms with Gasteiger partial charge in [0.15, 0.2) is 7.37 Å².